The molecule has 0 unspecified atom stereocenters. The number of pyridine rings is 1. The zero-order valence-electron chi connectivity index (χ0n) is 14.5. The van der Waals surface area contributed by atoms with Gasteiger partial charge in [0.1, 0.15) is 5.75 Å². The molecule has 2 aliphatic heterocycles. The Hall–Kier alpha value is -2.40. The summed E-state index contributed by atoms with van der Waals surface area (Å²) in [5.41, 5.74) is 2.79. The lowest BCUT2D eigenvalue weighted by Gasteiger charge is -2.29. The molecule has 3 heterocycles. The molecular weight excluding hydrogens is 314 g/mol. The standard InChI is InChI=1S/C20H23N3O2/c1-25-17-6-5-15-7-8-20(22-19(24)18(15)12-17)9-11-23(14-20)13-16-4-2-3-10-21-16/h2-6,10,12H,7-9,11,13-14H2,1H3,(H,22,24)/t20-/m1/s1. The van der Waals surface area contributed by atoms with Crippen molar-refractivity contribution in [1.29, 1.82) is 0 Å². The minimum atomic E-state index is -0.141. The van der Waals surface area contributed by atoms with Gasteiger partial charge in [-0.2, -0.15) is 0 Å². The highest BCUT2D eigenvalue weighted by Crippen LogP contribution is 2.32. The highest BCUT2D eigenvalue weighted by Gasteiger charge is 2.41. The number of hydrogen-bond donors (Lipinski definition) is 1. The molecule has 0 aliphatic carbocycles. The second kappa shape index (κ2) is 6.48. The van der Waals surface area contributed by atoms with Crippen LogP contribution in [0.3, 0.4) is 0 Å². The molecule has 0 bridgehead atoms. The highest BCUT2D eigenvalue weighted by atomic mass is 16.5. The molecule has 0 saturated carbocycles. The number of aryl methyl sites for hydroxylation is 1. The molecule has 1 saturated heterocycles. The lowest BCUT2D eigenvalue weighted by atomic mass is 9.91. The zero-order chi connectivity index (χ0) is 17.3. The summed E-state index contributed by atoms with van der Waals surface area (Å²) in [7, 11) is 1.63. The minimum Gasteiger partial charge on any atom is -0.497 e. The monoisotopic (exact) mass is 337 g/mol. The number of methoxy groups -OCH3 is 1. The number of carbonyl (C=O) groups is 1. The van der Waals surface area contributed by atoms with E-state index in [1.54, 1.807) is 7.11 Å². The number of nitrogens with one attached hydrogen (secondary N) is 1. The first-order chi connectivity index (χ1) is 12.2. The molecule has 1 atom stereocenters. The van der Waals surface area contributed by atoms with Crippen molar-refractivity contribution in [2.24, 2.45) is 0 Å². The number of amides is 1. The van der Waals surface area contributed by atoms with Crippen molar-refractivity contribution in [3.63, 3.8) is 0 Å². The summed E-state index contributed by atoms with van der Waals surface area (Å²) in [6, 6.07) is 11.8. The first kappa shape index (κ1) is 16.1. The van der Waals surface area contributed by atoms with Gasteiger partial charge in [-0.1, -0.05) is 12.1 Å². The second-order valence-corrected chi connectivity index (χ2v) is 7.04. The van der Waals surface area contributed by atoms with E-state index < -0.39 is 0 Å². The van der Waals surface area contributed by atoms with Crippen LogP contribution < -0.4 is 10.1 Å². The Morgan fingerprint density at radius 1 is 1.28 bits per heavy atom. The summed E-state index contributed by atoms with van der Waals surface area (Å²) in [6.07, 6.45) is 4.70. The summed E-state index contributed by atoms with van der Waals surface area (Å²) in [5, 5.41) is 3.32. The van der Waals surface area contributed by atoms with Crippen molar-refractivity contribution >= 4 is 5.91 Å². The van der Waals surface area contributed by atoms with Gasteiger partial charge >= 0.3 is 0 Å². The Labute approximate surface area is 148 Å². The maximum absolute atomic E-state index is 12.8. The van der Waals surface area contributed by atoms with E-state index in [0.29, 0.717) is 0 Å². The molecule has 2 aliphatic rings. The van der Waals surface area contributed by atoms with Crippen LogP contribution in [0.2, 0.25) is 0 Å². The molecule has 1 spiro atoms. The molecule has 0 radical (unpaired) electrons. The fourth-order valence-corrected chi connectivity index (χ4v) is 3.98. The van der Waals surface area contributed by atoms with Gasteiger partial charge in [-0.05, 0) is 49.1 Å². The maximum atomic E-state index is 12.8. The normalized spacial score (nSPS) is 23.2. The number of nitrogens with zero attached hydrogens (tertiary/aromatic N) is 2. The van der Waals surface area contributed by atoms with Gasteiger partial charge in [-0.25, -0.2) is 0 Å². The van der Waals surface area contributed by atoms with Gasteiger partial charge in [0, 0.05) is 31.4 Å². The number of likely N-dealkylation sites (tertiary alicyclic amines) is 1. The smallest absolute Gasteiger partial charge is 0.252 e. The lowest BCUT2D eigenvalue weighted by molar-refractivity contribution is 0.0901. The number of rotatable bonds is 3. The topological polar surface area (TPSA) is 54.5 Å². The summed E-state index contributed by atoms with van der Waals surface area (Å²) in [6.45, 7) is 2.69. The average Bonchev–Trinajstić information content (AvgIpc) is 2.96. The van der Waals surface area contributed by atoms with Gasteiger partial charge in [0.2, 0.25) is 0 Å². The Balaban J connectivity index is 1.50. The van der Waals surface area contributed by atoms with Crippen LogP contribution in [0.4, 0.5) is 0 Å². The number of aromatic nitrogens is 1. The van der Waals surface area contributed by atoms with Gasteiger partial charge in [-0.15, -0.1) is 0 Å². The van der Waals surface area contributed by atoms with Crippen LogP contribution in [0.5, 0.6) is 5.75 Å². The van der Waals surface area contributed by atoms with E-state index in [9.17, 15) is 4.79 Å². The molecule has 4 rings (SSSR count). The third kappa shape index (κ3) is 3.24. The fourth-order valence-electron chi connectivity index (χ4n) is 3.98. The first-order valence-electron chi connectivity index (χ1n) is 8.79. The summed E-state index contributed by atoms with van der Waals surface area (Å²) in [4.78, 5) is 19.6. The predicted octanol–water partition coefficient (Wildman–Crippen LogP) is 2.41. The van der Waals surface area contributed by atoms with Crippen molar-refractivity contribution in [3.05, 3.63) is 59.4 Å². The number of carbonyl (C=O) groups excluding carboxylic acids is 1. The Bertz CT molecular complexity index is 778. The Morgan fingerprint density at radius 3 is 3.00 bits per heavy atom. The molecule has 130 valence electrons. The summed E-state index contributed by atoms with van der Waals surface area (Å²) >= 11 is 0. The largest absolute Gasteiger partial charge is 0.497 e. The van der Waals surface area contributed by atoms with E-state index in [4.69, 9.17) is 4.74 Å². The van der Waals surface area contributed by atoms with Crippen LogP contribution in [0.1, 0.15) is 34.5 Å². The van der Waals surface area contributed by atoms with E-state index in [-0.39, 0.29) is 11.4 Å². The molecule has 1 aromatic carbocycles. The molecule has 25 heavy (non-hydrogen) atoms. The fraction of sp³-hybridized carbons (Fsp3) is 0.400. The van der Waals surface area contributed by atoms with Crippen LogP contribution in [-0.4, -0.2) is 41.5 Å². The van der Waals surface area contributed by atoms with Gasteiger partial charge in [0.25, 0.3) is 5.91 Å². The van der Waals surface area contributed by atoms with Gasteiger partial charge < -0.3 is 10.1 Å². The molecule has 5 heteroatoms. The minimum absolute atomic E-state index is 0.0195. The molecule has 1 amide bonds. The lowest BCUT2D eigenvalue weighted by Crippen LogP contribution is -2.49. The first-order valence-corrected chi connectivity index (χ1v) is 8.79. The third-order valence-corrected chi connectivity index (χ3v) is 5.36. The van der Waals surface area contributed by atoms with Crippen molar-refractivity contribution < 1.29 is 9.53 Å². The Morgan fingerprint density at radius 2 is 2.20 bits per heavy atom. The molecule has 5 nitrogen and oxygen atoms in total. The molecule has 1 N–H and O–H groups in total. The van der Waals surface area contributed by atoms with Crippen LogP contribution in [0.25, 0.3) is 0 Å². The quantitative estimate of drug-likeness (QED) is 0.934. The summed E-state index contributed by atoms with van der Waals surface area (Å²) in [5.74, 6) is 0.749. The molecule has 2 aromatic rings. The van der Waals surface area contributed by atoms with Crippen LogP contribution in [0, 0.1) is 0 Å². The van der Waals surface area contributed by atoms with Crippen LogP contribution >= 0.6 is 0 Å². The van der Waals surface area contributed by atoms with Crippen LogP contribution in [-0.2, 0) is 13.0 Å². The van der Waals surface area contributed by atoms with Gasteiger partial charge in [-0.3, -0.25) is 14.7 Å². The van der Waals surface area contributed by atoms with Crippen molar-refractivity contribution in [2.45, 2.75) is 31.3 Å². The van der Waals surface area contributed by atoms with E-state index in [1.807, 2.05) is 36.5 Å². The SMILES string of the molecule is COc1ccc2c(c1)C(=O)N[C@]1(CC2)CCN(Cc2ccccn2)C1. The van der Waals surface area contributed by atoms with Gasteiger partial charge in [0.05, 0.1) is 18.3 Å². The van der Waals surface area contributed by atoms with Crippen molar-refractivity contribution in [1.82, 2.24) is 15.2 Å². The summed E-state index contributed by atoms with van der Waals surface area (Å²) < 4.78 is 5.27. The number of hydrogen-bond acceptors (Lipinski definition) is 4. The van der Waals surface area contributed by atoms with Gasteiger partial charge in [0.15, 0.2) is 0 Å². The second-order valence-electron chi connectivity index (χ2n) is 7.04. The van der Waals surface area contributed by atoms with Crippen molar-refractivity contribution in [2.75, 3.05) is 20.2 Å². The number of ether oxygens (including phenoxy) is 1. The zero-order valence-corrected chi connectivity index (χ0v) is 14.5. The Kier molecular flexibility index (Phi) is 4.17. The van der Waals surface area contributed by atoms with E-state index in [2.05, 4.69) is 21.3 Å². The molecular formula is C20H23N3O2. The molecule has 1 aromatic heterocycles. The van der Waals surface area contributed by atoms with Crippen LogP contribution in [0.15, 0.2) is 42.6 Å². The maximum Gasteiger partial charge on any atom is 0.252 e. The van der Waals surface area contributed by atoms with Crippen molar-refractivity contribution in [3.8, 4) is 5.75 Å². The third-order valence-electron chi connectivity index (χ3n) is 5.36. The van der Waals surface area contributed by atoms with E-state index in [0.717, 1.165) is 61.5 Å². The van der Waals surface area contributed by atoms with E-state index in [1.165, 1.54) is 0 Å². The number of benzene rings is 1. The number of fused-ring (bicyclic) bond motifs is 1. The predicted molar refractivity (Wildman–Crippen MR) is 95.6 cm³/mol. The van der Waals surface area contributed by atoms with E-state index >= 15 is 0 Å². The highest BCUT2D eigenvalue weighted by molar-refractivity contribution is 5.97. The molecule has 1 fully saturated rings. The average molecular weight is 337 g/mol.